The molecule has 0 radical (unpaired) electrons. The summed E-state index contributed by atoms with van der Waals surface area (Å²) in [6.07, 6.45) is 2.61. The van der Waals surface area contributed by atoms with Crippen LogP contribution in [0.3, 0.4) is 0 Å². The molecule has 0 fully saturated rings. The first kappa shape index (κ1) is 15.3. The summed E-state index contributed by atoms with van der Waals surface area (Å²) in [7, 11) is 0. The van der Waals surface area contributed by atoms with Gasteiger partial charge in [-0.25, -0.2) is 0 Å². The van der Waals surface area contributed by atoms with Crippen LogP contribution in [-0.4, -0.2) is 29.6 Å². The van der Waals surface area contributed by atoms with Gasteiger partial charge in [0.1, 0.15) is 17.6 Å². The Bertz CT molecular complexity index is 703. The lowest BCUT2D eigenvalue weighted by atomic mass is 10.1. The number of carbonyl (C=O) groups excluding carboxylic acids is 1. The van der Waals surface area contributed by atoms with Gasteiger partial charge >= 0.3 is 0 Å². The molecule has 0 saturated heterocycles. The van der Waals surface area contributed by atoms with Crippen molar-refractivity contribution in [1.82, 2.24) is 4.98 Å². The zero-order valence-corrected chi connectivity index (χ0v) is 13.5. The van der Waals surface area contributed by atoms with Crippen LogP contribution in [-0.2, 0) is 4.79 Å². The van der Waals surface area contributed by atoms with Gasteiger partial charge in [0.05, 0.1) is 18.4 Å². The SMILES string of the molecule is Cc1ccc2c(c1)N(C(=O)C(C)Oc1cccnc1)CC(C)O2. The maximum Gasteiger partial charge on any atom is 0.267 e. The van der Waals surface area contributed by atoms with Crippen molar-refractivity contribution in [2.24, 2.45) is 0 Å². The Balaban J connectivity index is 1.83. The van der Waals surface area contributed by atoms with Crippen molar-refractivity contribution in [3.8, 4) is 11.5 Å². The zero-order chi connectivity index (χ0) is 16.4. The summed E-state index contributed by atoms with van der Waals surface area (Å²) in [5, 5.41) is 0. The highest BCUT2D eigenvalue weighted by Crippen LogP contribution is 2.34. The number of nitrogens with zero attached hydrogens (tertiary/aromatic N) is 2. The van der Waals surface area contributed by atoms with Crippen LogP contribution < -0.4 is 14.4 Å². The molecule has 2 heterocycles. The molecule has 1 aliphatic rings. The van der Waals surface area contributed by atoms with Gasteiger partial charge in [0.15, 0.2) is 6.10 Å². The number of ether oxygens (including phenoxy) is 2. The summed E-state index contributed by atoms with van der Waals surface area (Å²) in [6.45, 7) is 6.22. The molecule has 0 aliphatic carbocycles. The molecule has 1 aromatic carbocycles. The van der Waals surface area contributed by atoms with Gasteiger partial charge in [-0.15, -0.1) is 0 Å². The molecule has 0 bridgehead atoms. The van der Waals surface area contributed by atoms with E-state index in [1.54, 1.807) is 36.4 Å². The van der Waals surface area contributed by atoms with Crippen LogP contribution in [0.5, 0.6) is 11.5 Å². The number of amides is 1. The number of anilines is 1. The van der Waals surface area contributed by atoms with Crippen LogP contribution in [0.2, 0.25) is 0 Å². The average Bonchev–Trinajstić information content (AvgIpc) is 2.54. The Hall–Kier alpha value is -2.56. The molecule has 1 aromatic heterocycles. The molecule has 5 heteroatoms. The second kappa shape index (κ2) is 6.28. The van der Waals surface area contributed by atoms with Crippen LogP contribution in [0.25, 0.3) is 0 Å². The van der Waals surface area contributed by atoms with Crippen molar-refractivity contribution in [2.75, 3.05) is 11.4 Å². The Morgan fingerprint density at radius 3 is 3.00 bits per heavy atom. The van der Waals surface area contributed by atoms with E-state index in [-0.39, 0.29) is 12.0 Å². The quantitative estimate of drug-likeness (QED) is 0.874. The third-order valence-electron chi connectivity index (χ3n) is 3.73. The number of aromatic nitrogens is 1. The molecule has 0 N–H and O–H groups in total. The predicted molar refractivity (Wildman–Crippen MR) is 87.9 cm³/mol. The Morgan fingerprint density at radius 1 is 1.43 bits per heavy atom. The first-order chi connectivity index (χ1) is 11.0. The van der Waals surface area contributed by atoms with E-state index in [2.05, 4.69) is 4.98 Å². The van der Waals surface area contributed by atoms with Crippen LogP contribution in [0.15, 0.2) is 42.7 Å². The normalized spacial score (nSPS) is 17.9. The molecule has 0 spiro atoms. The largest absolute Gasteiger partial charge is 0.487 e. The average molecular weight is 312 g/mol. The van der Waals surface area contributed by atoms with Gasteiger partial charge in [0.2, 0.25) is 0 Å². The second-order valence-corrected chi connectivity index (χ2v) is 5.80. The zero-order valence-electron chi connectivity index (χ0n) is 13.5. The van der Waals surface area contributed by atoms with Crippen molar-refractivity contribution >= 4 is 11.6 Å². The molecule has 1 amide bonds. The molecule has 120 valence electrons. The second-order valence-electron chi connectivity index (χ2n) is 5.80. The van der Waals surface area contributed by atoms with E-state index in [9.17, 15) is 4.79 Å². The third-order valence-corrected chi connectivity index (χ3v) is 3.73. The van der Waals surface area contributed by atoms with Crippen molar-refractivity contribution in [1.29, 1.82) is 0 Å². The number of carbonyl (C=O) groups is 1. The lowest BCUT2D eigenvalue weighted by Gasteiger charge is -2.35. The lowest BCUT2D eigenvalue weighted by Crippen LogP contribution is -2.47. The number of hydrogen-bond acceptors (Lipinski definition) is 4. The van der Waals surface area contributed by atoms with E-state index in [0.29, 0.717) is 12.3 Å². The fraction of sp³-hybridized carbons (Fsp3) is 0.333. The number of rotatable bonds is 3. The molecule has 5 nitrogen and oxygen atoms in total. The van der Waals surface area contributed by atoms with Gasteiger partial charge in [0.25, 0.3) is 5.91 Å². The highest BCUT2D eigenvalue weighted by molar-refractivity contribution is 5.98. The highest BCUT2D eigenvalue weighted by atomic mass is 16.5. The molecule has 1 aliphatic heterocycles. The van der Waals surface area contributed by atoms with Gasteiger partial charge < -0.3 is 14.4 Å². The summed E-state index contributed by atoms with van der Waals surface area (Å²) in [5.41, 5.74) is 1.88. The van der Waals surface area contributed by atoms with Crippen LogP contribution >= 0.6 is 0 Å². The first-order valence-corrected chi connectivity index (χ1v) is 7.70. The van der Waals surface area contributed by atoms with Crippen LogP contribution in [0, 0.1) is 6.92 Å². The minimum absolute atomic E-state index is 0.0558. The van der Waals surface area contributed by atoms with Gasteiger partial charge in [-0.05, 0) is 50.6 Å². The standard InChI is InChI=1S/C18H20N2O3/c1-12-6-7-17-16(9-12)20(11-13(2)22-17)18(21)14(3)23-15-5-4-8-19-10-15/h4-10,13-14H,11H2,1-3H3. The summed E-state index contributed by atoms with van der Waals surface area (Å²) in [5.74, 6) is 1.23. The maximum atomic E-state index is 12.8. The smallest absolute Gasteiger partial charge is 0.267 e. The Labute approximate surface area is 135 Å². The predicted octanol–water partition coefficient (Wildman–Crippen LogP) is 2.97. The molecular formula is C18H20N2O3. The third kappa shape index (κ3) is 3.28. The molecular weight excluding hydrogens is 292 g/mol. The van der Waals surface area contributed by atoms with E-state index in [1.165, 1.54) is 0 Å². The summed E-state index contributed by atoms with van der Waals surface area (Å²) in [6, 6.07) is 9.43. The molecule has 2 atom stereocenters. The number of fused-ring (bicyclic) bond motifs is 1. The Morgan fingerprint density at radius 2 is 2.26 bits per heavy atom. The first-order valence-electron chi connectivity index (χ1n) is 7.70. The van der Waals surface area contributed by atoms with Gasteiger partial charge in [-0.1, -0.05) is 6.07 Å². The summed E-state index contributed by atoms with van der Waals surface area (Å²) < 4.78 is 11.5. The van der Waals surface area contributed by atoms with E-state index in [1.807, 2.05) is 32.0 Å². The molecule has 2 unspecified atom stereocenters. The van der Waals surface area contributed by atoms with E-state index in [0.717, 1.165) is 17.0 Å². The molecule has 0 saturated carbocycles. The monoisotopic (exact) mass is 312 g/mol. The summed E-state index contributed by atoms with van der Waals surface area (Å²) >= 11 is 0. The van der Waals surface area contributed by atoms with Gasteiger partial charge in [-0.3, -0.25) is 9.78 Å². The summed E-state index contributed by atoms with van der Waals surface area (Å²) in [4.78, 5) is 18.6. The number of hydrogen-bond donors (Lipinski definition) is 0. The van der Waals surface area contributed by atoms with Crippen molar-refractivity contribution in [3.63, 3.8) is 0 Å². The van der Waals surface area contributed by atoms with Crippen molar-refractivity contribution in [3.05, 3.63) is 48.3 Å². The number of aryl methyl sites for hydroxylation is 1. The minimum atomic E-state index is -0.599. The van der Waals surface area contributed by atoms with Crippen LogP contribution in [0.4, 0.5) is 5.69 Å². The fourth-order valence-electron chi connectivity index (χ4n) is 2.65. The Kier molecular flexibility index (Phi) is 4.19. The fourth-order valence-corrected chi connectivity index (χ4v) is 2.65. The number of benzene rings is 1. The van der Waals surface area contributed by atoms with E-state index < -0.39 is 6.10 Å². The maximum absolute atomic E-state index is 12.8. The number of pyridine rings is 1. The molecule has 23 heavy (non-hydrogen) atoms. The molecule has 2 aromatic rings. The minimum Gasteiger partial charge on any atom is -0.487 e. The van der Waals surface area contributed by atoms with Gasteiger partial charge in [0, 0.05) is 6.20 Å². The lowest BCUT2D eigenvalue weighted by molar-refractivity contribution is -0.125. The van der Waals surface area contributed by atoms with Crippen molar-refractivity contribution in [2.45, 2.75) is 33.0 Å². The van der Waals surface area contributed by atoms with E-state index in [4.69, 9.17) is 9.47 Å². The van der Waals surface area contributed by atoms with E-state index >= 15 is 0 Å². The molecule has 3 rings (SSSR count). The highest BCUT2D eigenvalue weighted by Gasteiger charge is 2.31. The van der Waals surface area contributed by atoms with Crippen LogP contribution in [0.1, 0.15) is 19.4 Å². The topological polar surface area (TPSA) is 51.7 Å². The van der Waals surface area contributed by atoms with Gasteiger partial charge in [-0.2, -0.15) is 0 Å². The van der Waals surface area contributed by atoms with Crippen molar-refractivity contribution < 1.29 is 14.3 Å².